The van der Waals surface area contributed by atoms with Crippen molar-refractivity contribution in [1.29, 1.82) is 0 Å². The van der Waals surface area contributed by atoms with Crippen LogP contribution in [0.3, 0.4) is 0 Å². The zero-order chi connectivity index (χ0) is 13.1. The molecule has 1 rings (SSSR count). The number of hydrogen-bond donors (Lipinski definition) is 0. The van der Waals surface area contributed by atoms with Gasteiger partial charge in [0, 0.05) is 13.2 Å². The SMILES string of the molecule is CCCCCC[C@H](C)CCCOC1CCCCO1. The summed E-state index contributed by atoms with van der Waals surface area (Å²) in [6.45, 7) is 6.42. The third-order valence-electron chi connectivity index (χ3n) is 3.83. The van der Waals surface area contributed by atoms with E-state index in [0.717, 1.165) is 25.6 Å². The van der Waals surface area contributed by atoms with Crippen LogP contribution < -0.4 is 0 Å². The van der Waals surface area contributed by atoms with Gasteiger partial charge in [-0.1, -0.05) is 46.0 Å². The highest BCUT2D eigenvalue weighted by molar-refractivity contribution is 4.56. The second-order valence-corrected chi connectivity index (χ2v) is 5.76. The fourth-order valence-electron chi connectivity index (χ4n) is 2.55. The smallest absolute Gasteiger partial charge is 0.157 e. The van der Waals surface area contributed by atoms with Crippen molar-refractivity contribution >= 4 is 0 Å². The van der Waals surface area contributed by atoms with Crippen LogP contribution in [0.25, 0.3) is 0 Å². The second kappa shape index (κ2) is 10.8. The van der Waals surface area contributed by atoms with Crippen LogP contribution in [0.2, 0.25) is 0 Å². The van der Waals surface area contributed by atoms with E-state index in [2.05, 4.69) is 13.8 Å². The van der Waals surface area contributed by atoms with Crippen LogP contribution in [-0.2, 0) is 9.47 Å². The van der Waals surface area contributed by atoms with E-state index < -0.39 is 0 Å². The van der Waals surface area contributed by atoms with Gasteiger partial charge in [-0.05, 0) is 38.0 Å². The van der Waals surface area contributed by atoms with E-state index in [1.54, 1.807) is 0 Å². The standard InChI is InChI=1S/C16H32O2/c1-3-4-5-6-10-15(2)11-9-14-18-16-12-7-8-13-17-16/h15-16H,3-14H2,1-2H3/t15-,16?/m0/s1. The summed E-state index contributed by atoms with van der Waals surface area (Å²) in [5, 5.41) is 0. The molecule has 108 valence electrons. The van der Waals surface area contributed by atoms with Crippen molar-refractivity contribution in [2.75, 3.05) is 13.2 Å². The first kappa shape index (κ1) is 16.0. The van der Waals surface area contributed by atoms with Gasteiger partial charge in [-0.2, -0.15) is 0 Å². The molecule has 2 atom stereocenters. The fourth-order valence-corrected chi connectivity index (χ4v) is 2.55. The first-order valence-electron chi connectivity index (χ1n) is 8.06. The molecule has 1 saturated heterocycles. The molecule has 0 bridgehead atoms. The number of unbranched alkanes of at least 4 members (excludes halogenated alkanes) is 3. The zero-order valence-electron chi connectivity index (χ0n) is 12.5. The number of ether oxygens (including phenoxy) is 2. The van der Waals surface area contributed by atoms with Crippen molar-refractivity contribution < 1.29 is 9.47 Å². The topological polar surface area (TPSA) is 18.5 Å². The third-order valence-corrected chi connectivity index (χ3v) is 3.83. The van der Waals surface area contributed by atoms with Gasteiger partial charge in [0.05, 0.1) is 0 Å². The minimum Gasteiger partial charge on any atom is -0.353 e. The molecule has 0 aromatic rings. The minimum atomic E-state index is 0.0959. The average Bonchev–Trinajstić information content (AvgIpc) is 2.41. The van der Waals surface area contributed by atoms with Crippen molar-refractivity contribution in [2.45, 2.75) is 84.3 Å². The molecule has 0 radical (unpaired) electrons. The molecule has 0 N–H and O–H groups in total. The Balaban J connectivity index is 1.86. The Morgan fingerprint density at radius 2 is 1.94 bits per heavy atom. The Morgan fingerprint density at radius 1 is 1.11 bits per heavy atom. The molecule has 0 aromatic carbocycles. The molecule has 2 nitrogen and oxygen atoms in total. The summed E-state index contributed by atoms with van der Waals surface area (Å²) in [7, 11) is 0. The van der Waals surface area contributed by atoms with Gasteiger partial charge in [0.1, 0.15) is 0 Å². The largest absolute Gasteiger partial charge is 0.353 e. The summed E-state index contributed by atoms with van der Waals surface area (Å²) in [6, 6.07) is 0. The highest BCUT2D eigenvalue weighted by Crippen LogP contribution is 2.17. The Kier molecular flexibility index (Phi) is 9.59. The maximum absolute atomic E-state index is 5.75. The first-order chi connectivity index (χ1) is 8.83. The molecule has 1 aliphatic rings. The monoisotopic (exact) mass is 256 g/mol. The maximum Gasteiger partial charge on any atom is 0.157 e. The van der Waals surface area contributed by atoms with E-state index in [9.17, 15) is 0 Å². The van der Waals surface area contributed by atoms with Gasteiger partial charge >= 0.3 is 0 Å². The predicted octanol–water partition coefficient (Wildman–Crippen LogP) is 4.92. The molecule has 0 aliphatic carbocycles. The maximum atomic E-state index is 5.75. The molecule has 1 heterocycles. The molecule has 1 fully saturated rings. The molecule has 0 saturated carbocycles. The van der Waals surface area contributed by atoms with Crippen LogP contribution in [0.4, 0.5) is 0 Å². The Morgan fingerprint density at radius 3 is 2.67 bits per heavy atom. The van der Waals surface area contributed by atoms with Gasteiger partial charge in [-0.15, -0.1) is 0 Å². The lowest BCUT2D eigenvalue weighted by Gasteiger charge is -2.22. The van der Waals surface area contributed by atoms with Gasteiger partial charge in [0.2, 0.25) is 0 Å². The zero-order valence-corrected chi connectivity index (χ0v) is 12.5. The summed E-state index contributed by atoms with van der Waals surface area (Å²) in [5.74, 6) is 0.859. The minimum absolute atomic E-state index is 0.0959. The van der Waals surface area contributed by atoms with Crippen LogP contribution in [0.1, 0.15) is 78.1 Å². The lowest BCUT2D eigenvalue weighted by molar-refractivity contribution is -0.163. The Hall–Kier alpha value is -0.0800. The van der Waals surface area contributed by atoms with E-state index in [1.165, 1.54) is 57.8 Å². The molecule has 0 spiro atoms. The molecule has 2 heteroatoms. The molecule has 1 aliphatic heterocycles. The molecule has 0 aromatic heterocycles. The molecule has 18 heavy (non-hydrogen) atoms. The van der Waals surface area contributed by atoms with Crippen LogP contribution >= 0.6 is 0 Å². The highest BCUT2D eigenvalue weighted by Gasteiger charge is 2.13. The molecule has 1 unspecified atom stereocenters. The van der Waals surface area contributed by atoms with Crippen molar-refractivity contribution in [3.8, 4) is 0 Å². The fraction of sp³-hybridized carbons (Fsp3) is 1.00. The summed E-state index contributed by atoms with van der Waals surface area (Å²) in [6.07, 6.45) is 13.1. The van der Waals surface area contributed by atoms with E-state index in [-0.39, 0.29) is 6.29 Å². The van der Waals surface area contributed by atoms with E-state index in [4.69, 9.17) is 9.47 Å². The van der Waals surface area contributed by atoms with Crippen molar-refractivity contribution in [3.63, 3.8) is 0 Å². The van der Waals surface area contributed by atoms with Crippen LogP contribution in [-0.4, -0.2) is 19.5 Å². The van der Waals surface area contributed by atoms with Gasteiger partial charge in [0.25, 0.3) is 0 Å². The number of rotatable bonds is 10. The normalized spacial score (nSPS) is 22.0. The third kappa shape index (κ3) is 8.10. The van der Waals surface area contributed by atoms with Gasteiger partial charge in [0.15, 0.2) is 6.29 Å². The highest BCUT2D eigenvalue weighted by atomic mass is 16.7. The molecular formula is C16H32O2. The lowest BCUT2D eigenvalue weighted by Crippen LogP contribution is -2.22. The van der Waals surface area contributed by atoms with Gasteiger partial charge in [-0.25, -0.2) is 0 Å². The van der Waals surface area contributed by atoms with Gasteiger partial charge < -0.3 is 9.47 Å². The van der Waals surface area contributed by atoms with E-state index in [1.807, 2.05) is 0 Å². The Bertz CT molecular complexity index is 176. The van der Waals surface area contributed by atoms with Crippen LogP contribution in [0.5, 0.6) is 0 Å². The summed E-state index contributed by atoms with van der Waals surface area (Å²) in [4.78, 5) is 0. The van der Waals surface area contributed by atoms with Crippen molar-refractivity contribution in [3.05, 3.63) is 0 Å². The first-order valence-corrected chi connectivity index (χ1v) is 8.06. The van der Waals surface area contributed by atoms with Gasteiger partial charge in [-0.3, -0.25) is 0 Å². The molecular weight excluding hydrogens is 224 g/mol. The van der Waals surface area contributed by atoms with E-state index in [0.29, 0.717) is 0 Å². The van der Waals surface area contributed by atoms with Crippen LogP contribution in [0.15, 0.2) is 0 Å². The quantitative estimate of drug-likeness (QED) is 0.517. The van der Waals surface area contributed by atoms with Crippen molar-refractivity contribution in [1.82, 2.24) is 0 Å². The lowest BCUT2D eigenvalue weighted by atomic mass is 9.98. The number of hydrogen-bond acceptors (Lipinski definition) is 2. The van der Waals surface area contributed by atoms with Crippen LogP contribution in [0, 0.1) is 5.92 Å². The van der Waals surface area contributed by atoms with E-state index >= 15 is 0 Å². The molecule has 0 amide bonds. The summed E-state index contributed by atoms with van der Waals surface area (Å²) < 4.78 is 11.3. The summed E-state index contributed by atoms with van der Waals surface area (Å²) >= 11 is 0. The van der Waals surface area contributed by atoms with Crippen molar-refractivity contribution in [2.24, 2.45) is 5.92 Å². The summed E-state index contributed by atoms with van der Waals surface area (Å²) in [5.41, 5.74) is 0. The average molecular weight is 256 g/mol. The second-order valence-electron chi connectivity index (χ2n) is 5.76. The predicted molar refractivity (Wildman–Crippen MR) is 76.7 cm³/mol. The Labute approximate surface area is 113 Å².